The molecule has 3 rings (SSSR count). The molecule has 1 aliphatic heterocycles. The second kappa shape index (κ2) is 4.69. The van der Waals surface area contributed by atoms with Crippen molar-refractivity contribution >= 4 is 5.65 Å². The molecule has 0 atom stereocenters. The van der Waals surface area contributed by atoms with E-state index in [-0.39, 0.29) is 0 Å². The SMILES string of the molecule is Cc1cccc2nnc(CC3CCN(C)CC3)n12. The molecule has 0 spiro atoms. The van der Waals surface area contributed by atoms with Crippen LogP contribution in [0.3, 0.4) is 0 Å². The maximum Gasteiger partial charge on any atom is 0.160 e. The van der Waals surface area contributed by atoms with E-state index in [0.29, 0.717) is 0 Å². The standard InChI is InChI=1S/C14H20N4/c1-11-4-3-5-13-15-16-14(18(11)13)10-12-6-8-17(2)9-7-12/h3-5,12H,6-10H2,1-2H3. The van der Waals surface area contributed by atoms with Crippen molar-refractivity contribution in [3.63, 3.8) is 0 Å². The lowest BCUT2D eigenvalue weighted by Crippen LogP contribution is -2.31. The maximum atomic E-state index is 4.37. The summed E-state index contributed by atoms with van der Waals surface area (Å²) in [6.45, 7) is 4.54. The second-order valence-electron chi connectivity index (χ2n) is 5.43. The number of fused-ring (bicyclic) bond motifs is 1. The summed E-state index contributed by atoms with van der Waals surface area (Å²) in [5, 5.41) is 8.63. The Balaban J connectivity index is 1.82. The first kappa shape index (κ1) is 11.7. The van der Waals surface area contributed by atoms with E-state index in [1.165, 1.54) is 31.6 Å². The lowest BCUT2D eigenvalue weighted by molar-refractivity contribution is 0.217. The smallest absolute Gasteiger partial charge is 0.160 e. The molecule has 0 radical (unpaired) electrons. The number of nitrogens with zero attached hydrogens (tertiary/aromatic N) is 4. The largest absolute Gasteiger partial charge is 0.306 e. The van der Waals surface area contributed by atoms with Crippen LogP contribution in [0.2, 0.25) is 0 Å². The lowest BCUT2D eigenvalue weighted by atomic mass is 9.93. The molecule has 96 valence electrons. The first-order valence-corrected chi connectivity index (χ1v) is 6.72. The van der Waals surface area contributed by atoms with Crippen LogP contribution in [0.1, 0.15) is 24.4 Å². The third-order valence-corrected chi connectivity index (χ3v) is 4.00. The van der Waals surface area contributed by atoms with E-state index < -0.39 is 0 Å². The van der Waals surface area contributed by atoms with Crippen LogP contribution in [-0.2, 0) is 6.42 Å². The van der Waals surface area contributed by atoms with E-state index in [9.17, 15) is 0 Å². The van der Waals surface area contributed by atoms with E-state index in [1.54, 1.807) is 0 Å². The molecular formula is C14H20N4. The first-order chi connectivity index (χ1) is 8.74. The maximum absolute atomic E-state index is 4.37. The fourth-order valence-electron chi connectivity index (χ4n) is 2.83. The van der Waals surface area contributed by atoms with Gasteiger partial charge in [0.2, 0.25) is 0 Å². The minimum Gasteiger partial charge on any atom is -0.306 e. The predicted molar refractivity (Wildman–Crippen MR) is 71.6 cm³/mol. The molecule has 0 aromatic carbocycles. The van der Waals surface area contributed by atoms with Crippen LogP contribution in [0.25, 0.3) is 5.65 Å². The van der Waals surface area contributed by atoms with Gasteiger partial charge in [0.05, 0.1) is 0 Å². The number of aryl methyl sites for hydroxylation is 1. The molecule has 3 heterocycles. The highest BCUT2D eigenvalue weighted by Crippen LogP contribution is 2.21. The predicted octanol–water partition coefficient (Wildman–Crippen LogP) is 1.92. The van der Waals surface area contributed by atoms with E-state index in [0.717, 1.165) is 23.8 Å². The molecule has 0 saturated carbocycles. The highest BCUT2D eigenvalue weighted by molar-refractivity contribution is 5.39. The summed E-state index contributed by atoms with van der Waals surface area (Å²) < 4.78 is 2.19. The summed E-state index contributed by atoms with van der Waals surface area (Å²) >= 11 is 0. The second-order valence-corrected chi connectivity index (χ2v) is 5.43. The number of hydrogen-bond acceptors (Lipinski definition) is 3. The Kier molecular flexibility index (Phi) is 3.04. The first-order valence-electron chi connectivity index (χ1n) is 6.72. The van der Waals surface area contributed by atoms with Gasteiger partial charge in [-0.2, -0.15) is 0 Å². The number of pyridine rings is 1. The van der Waals surface area contributed by atoms with E-state index >= 15 is 0 Å². The van der Waals surface area contributed by atoms with Crippen LogP contribution in [-0.4, -0.2) is 39.6 Å². The van der Waals surface area contributed by atoms with Crippen molar-refractivity contribution in [2.75, 3.05) is 20.1 Å². The van der Waals surface area contributed by atoms with Gasteiger partial charge in [0.25, 0.3) is 0 Å². The van der Waals surface area contributed by atoms with Crippen molar-refractivity contribution in [2.24, 2.45) is 5.92 Å². The Labute approximate surface area is 108 Å². The Hall–Kier alpha value is -1.42. The molecule has 18 heavy (non-hydrogen) atoms. The van der Waals surface area contributed by atoms with Crippen molar-refractivity contribution < 1.29 is 0 Å². The molecule has 1 fully saturated rings. The van der Waals surface area contributed by atoms with Crippen molar-refractivity contribution in [3.05, 3.63) is 29.7 Å². The molecule has 0 N–H and O–H groups in total. The molecule has 4 heteroatoms. The van der Waals surface area contributed by atoms with Crippen molar-refractivity contribution in [2.45, 2.75) is 26.2 Å². The van der Waals surface area contributed by atoms with Gasteiger partial charge in [0, 0.05) is 12.1 Å². The monoisotopic (exact) mass is 244 g/mol. The third-order valence-electron chi connectivity index (χ3n) is 4.00. The Morgan fingerprint density at radius 3 is 2.78 bits per heavy atom. The molecule has 1 aliphatic rings. The van der Waals surface area contributed by atoms with Crippen LogP contribution in [0.5, 0.6) is 0 Å². The molecule has 0 aliphatic carbocycles. The number of piperidine rings is 1. The van der Waals surface area contributed by atoms with Gasteiger partial charge in [-0.1, -0.05) is 6.07 Å². The summed E-state index contributed by atoms with van der Waals surface area (Å²) in [6.07, 6.45) is 3.61. The van der Waals surface area contributed by atoms with Crippen LogP contribution in [0.15, 0.2) is 18.2 Å². The van der Waals surface area contributed by atoms with Crippen LogP contribution < -0.4 is 0 Å². The molecule has 4 nitrogen and oxygen atoms in total. The van der Waals surface area contributed by atoms with E-state index in [4.69, 9.17) is 0 Å². The highest BCUT2D eigenvalue weighted by Gasteiger charge is 2.19. The minimum atomic E-state index is 0.758. The van der Waals surface area contributed by atoms with Gasteiger partial charge < -0.3 is 4.90 Å². The summed E-state index contributed by atoms with van der Waals surface area (Å²) in [5.74, 6) is 1.88. The van der Waals surface area contributed by atoms with Crippen molar-refractivity contribution in [3.8, 4) is 0 Å². The summed E-state index contributed by atoms with van der Waals surface area (Å²) in [4.78, 5) is 2.41. The zero-order valence-electron chi connectivity index (χ0n) is 11.1. The molecule has 2 aromatic heterocycles. The van der Waals surface area contributed by atoms with Crippen LogP contribution in [0, 0.1) is 12.8 Å². The number of hydrogen-bond donors (Lipinski definition) is 0. The van der Waals surface area contributed by atoms with Gasteiger partial charge in [-0.15, -0.1) is 10.2 Å². The topological polar surface area (TPSA) is 33.4 Å². The molecule has 0 amide bonds. The van der Waals surface area contributed by atoms with E-state index in [1.807, 2.05) is 12.1 Å². The Morgan fingerprint density at radius 1 is 1.22 bits per heavy atom. The average molecular weight is 244 g/mol. The summed E-state index contributed by atoms with van der Waals surface area (Å²) in [5.41, 5.74) is 2.19. The van der Waals surface area contributed by atoms with Gasteiger partial charge >= 0.3 is 0 Å². The molecular weight excluding hydrogens is 224 g/mol. The lowest BCUT2D eigenvalue weighted by Gasteiger charge is -2.28. The molecule has 1 saturated heterocycles. The zero-order valence-corrected chi connectivity index (χ0v) is 11.1. The third kappa shape index (κ3) is 2.12. The van der Waals surface area contributed by atoms with Crippen molar-refractivity contribution in [1.29, 1.82) is 0 Å². The number of rotatable bonds is 2. The van der Waals surface area contributed by atoms with Crippen LogP contribution in [0.4, 0.5) is 0 Å². The fourth-order valence-corrected chi connectivity index (χ4v) is 2.83. The minimum absolute atomic E-state index is 0.758. The summed E-state index contributed by atoms with van der Waals surface area (Å²) in [6, 6.07) is 6.19. The van der Waals surface area contributed by atoms with E-state index in [2.05, 4.69) is 39.5 Å². The average Bonchev–Trinajstić information content (AvgIpc) is 2.77. The fraction of sp³-hybridized carbons (Fsp3) is 0.571. The normalized spacial score (nSPS) is 18.6. The molecule has 0 unspecified atom stereocenters. The number of likely N-dealkylation sites (tertiary alicyclic amines) is 1. The Morgan fingerprint density at radius 2 is 2.00 bits per heavy atom. The van der Waals surface area contributed by atoms with Gasteiger partial charge in [-0.05, 0) is 58.0 Å². The van der Waals surface area contributed by atoms with Gasteiger partial charge in [0.15, 0.2) is 5.65 Å². The van der Waals surface area contributed by atoms with Crippen molar-refractivity contribution in [1.82, 2.24) is 19.5 Å². The van der Waals surface area contributed by atoms with Crippen LogP contribution >= 0.6 is 0 Å². The highest BCUT2D eigenvalue weighted by atomic mass is 15.2. The Bertz CT molecular complexity index is 538. The zero-order chi connectivity index (χ0) is 12.5. The molecule has 0 bridgehead atoms. The van der Waals surface area contributed by atoms with Gasteiger partial charge in [-0.3, -0.25) is 4.40 Å². The van der Waals surface area contributed by atoms with Gasteiger partial charge in [0.1, 0.15) is 5.82 Å². The molecule has 2 aromatic rings. The van der Waals surface area contributed by atoms with Gasteiger partial charge in [-0.25, -0.2) is 0 Å². The number of aromatic nitrogens is 3. The summed E-state index contributed by atoms with van der Waals surface area (Å²) in [7, 11) is 2.20. The quantitative estimate of drug-likeness (QED) is 0.809.